The minimum atomic E-state index is -0.849. The van der Waals surface area contributed by atoms with Gasteiger partial charge in [0.1, 0.15) is 0 Å². The van der Waals surface area contributed by atoms with Crippen LogP contribution in [-0.2, 0) is 9.53 Å². The molecule has 1 aliphatic heterocycles. The topological polar surface area (TPSA) is 87.1 Å². The third kappa shape index (κ3) is 7.07. The highest BCUT2D eigenvalue weighted by Crippen LogP contribution is 1.95. The van der Waals surface area contributed by atoms with E-state index in [4.69, 9.17) is 19.7 Å². The number of ether oxygens (including phenoxy) is 1. The van der Waals surface area contributed by atoms with Gasteiger partial charge in [-0.1, -0.05) is 0 Å². The average Bonchev–Trinajstić information content (AvgIpc) is 2.05. The van der Waals surface area contributed by atoms with Crippen LogP contribution in [0.4, 0.5) is 4.79 Å². The number of hydrogen-bond donors (Lipinski definition) is 2. The molecule has 0 spiro atoms. The second-order valence-corrected chi connectivity index (χ2v) is 2.40. The molecule has 0 bridgehead atoms. The molecule has 0 unspecified atom stereocenters. The lowest BCUT2D eigenvalue weighted by Gasteiger charge is -2.23. The molecule has 1 heterocycles. The summed E-state index contributed by atoms with van der Waals surface area (Å²) in [6.07, 6.45) is -0.849. The standard InChI is InChI=1S/C5H9NO3.C2H4O2/c7-5(8)6-1-3-9-4-2-6;1-2(3)4/h1-4H2,(H,7,8);1H3,(H,3,4). The van der Waals surface area contributed by atoms with Gasteiger partial charge in [-0.25, -0.2) is 4.79 Å². The molecular formula is C7H13NO5. The fourth-order valence-corrected chi connectivity index (χ4v) is 0.755. The summed E-state index contributed by atoms with van der Waals surface area (Å²) in [6, 6.07) is 0. The molecule has 0 saturated carbocycles. The van der Waals surface area contributed by atoms with E-state index in [1.54, 1.807) is 0 Å². The molecule has 2 N–H and O–H groups in total. The summed E-state index contributed by atoms with van der Waals surface area (Å²) in [5.41, 5.74) is 0. The van der Waals surface area contributed by atoms with Crippen LogP contribution in [0.15, 0.2) is 0 Å². The van der Waals surface area contributed by atoms with Crippen molar-refractivity contribution in [1.29, 1.82) is 0 Å². The third-order valence-electron chi connectivity index (χ3n) is 1.28. The van der Waals surface area contributed by atoms with Crippen molar-refractivity contribution in [1.82, 2.24) is 4.90 Å². The molecule has 1 amide bonds. The Morgan fingerprint density at radius 1 is 1.23 bits per heavy atom. The number of carboxylic acids is 1. The van der Waals surface area contributed by atoms with E-state index >= 15 is 0 Å². The molecule has 1 fully saturated rings. The number of carbonyl (C=O) groups is 2. The van der Waals surface area contributed by atoms with Crippen molar-refractivity contribution in [2.45, 2.75) is 6.92 Å². The summed E-state index contributed by atoms with van der Waals surface area (Å²) in [6.45, 7) is 3.17. The molecule has 0 aromatic carbocycles. The predicted octanol–water partition coefficient (Wildman–Crippen LogP) is 0.0875. The Morgan fingerprint density at radius 3 is 1.85 bits per heavy atom. The van der Waals surface area contributed by atoms with Gasteiger partial charge in [0.15, 0.2) is 0 Å². The van der Waals surface area contributed by atoms with Crippen LogP contribution in [0, 0.1) is 0 Å². The highest BCUT2D eigenvalue weighted by molar-refractivity contribution is 5.64. The van der Waals surface area contributed by atoms with Crippen molar-refractivity contribution in [3.05, 3.63) is 0 Å². The van der Waals surface area contributed by atoms with Crippen LogP contribution >= 0.6 is 0 Å². The Morgan fingerprint density at radius 2 is 1.62 bits per heavy atom. The van der Waals surface area contributed by atoms with Gasteiger partial charge in [-0.2, -0.15) is 0 Å². The van der Waals surface area contributed by atoms with Crippen LogP contribution < -0.4 is 0 Å². The molecule has 0 aliphatic carbocycles. The van der Waals surface area contributed by atoms with Gasteiger partial charge < -0.3 is 19.8 Å². The number of carboxylic acid groups (broad SMARTS) is 2. The number of aliphatic carboxylic acids is 1. The maximum Gasteiger partial charge on any atom is 0.407 e. The maximum absolute atomic E-state index is 10.2. The first-order valence-corrected chi connectivity index (χ1v) is 3.79. The van der Waals surface area contributed by atoms with Crippen LogP contribution in [0.5, 0.6) is 0 Å². The van der Waals surface area contributed by atoms with Gasteiger partial charge in [-0.15, -0.1) is 0 Å². The van der Waals surface area contributed by atoms with Gasteiger partial charge in [-0.3, -0.25) is 4.79 Å². The van der Waals surface area contributed by atoms with Gasteiger partial charge in [0.25, 0.3) is 5.97 Å². The van der Waals surface area contributed by atoms with Crippen molar-refractivity contribution in [3.8, 4) is 0 Å². The minimum absolute atomic E-state index is 0.509. The van der Waals surface area contributed by atoms with Gasteiger partial charge >= 0.3 is 6.09 Å². The van der Waals surface area contributed by atoms with Crippen LogP contribution in [0.2, 0.25) is 0 Å². The zero-order valence-electron chi connectivity index (χ0n) is 7.39. The Bertz CT molecular complexity index is 172. The molecule has 1 rings (SSSR count). The van der Waals surface area contributed by atoms with Crippen molar-refractivity contribution < 1.29 is 24.5 Å². The van der Waals surface area contributed by atoms with E-state index in [9.17, 15) is 4.79 Å². The van der Waals surface area contributed by atoms with E-state index in [1.165, 1.54) is 4.90 Å². The fraction of sp³-hybridized carbons (Fsp3) is 0.714. The Kier molecular flexibility index (Phi) is 5.62. The van der Waals surface area contributed by atoms with Gasteiger partial charge in [0, 0.05) is 20.0 Å². The van der Waals surface area contributed by atoms with Crippen LogP contribution in [0.1, 0.15) is 6.92 Å². The van der Waals surface area contributed by atoms with Gasteiger partial charge in [-0.05, 0) is 0 Å². The lowest BCUT2D eigenvalue weighted by Crippen LogP contribution is -2.39. The zero-order chi connectivity index (χ0) is 10.3. The first kappa shape index (κ1) is 11.7. The average molecular weight is 191 g/mol. The zero-order valence-corrected chi connectivity index (χ0v) is 7.39. The fourth-order valence-electron chi connectivity index (χ4n) is 0.755. The third-order valence-corrected chi connectivity index (χ3v) is 1.28. The molecular weight excluding hydrogens is 178 g/mol. The largest absolute Gasteiger partial charge is 0.481 e. The summed E-state index contributed by atoms with van der Waals surface area (Å²) in [5, 5.41) is 15.8. The normalized spacial score (nSPS) is 15.6. The van der Waals surface area contributed by atoms with E-state index in [2.05, 4.69) is 0 Å². The van der Waals surface area contributed by atoms with E-state index in [-0.39, 0.29) is 0 Å². The lowest BCUT2D eigenvalue weighted by molar-refractivity contribution is -0.134. The highest BCUT2D eigenvalue weighted by atomic mass is 16.5. The Hall–Kier alpha value is -1.30. The molecule has 1 aliphatic rings. The predicted molar refractivity (Wildman–Crippen MR) is 43.7 cm³/mol. The summed E-state index contributed by atoms with van der Waals surface area (Å²) in [4.78, 5) is 20.6. The smallest absolute Gasteiger partial charge is 0.407 e. The summed E-state index contributed by atoms with van der Waals surface area (Å²) in [5.74, 6) is -0.833. The number of hydrogen-bond acceptors (Lipinski definition) is 3. The van der Waals surface area contributed by atoms with E-state index in [1.807, 2.05) is 0 Å². The molecule has 0 aromatic heterocycles. The van der Waals surface area contributed by atoms with Crippen molar-refractivity contribution in [3.63, 3.8) is 0 Å². The molecule has 6 heteroatoms. The summed E-state index contributed by atoms with van der Waals surface area (Å²) >= 11 is 0. The van der Waals surface area contributed by atoms with Crippen molar-refractivity contribution >= 4 is 12.1 Å². The van der Waals surface area contributed by atoms with Crippen molar-refractivity contribution in [2.24, 2.45) is 0 Å². The van der Waals surface area contributed by atoms with Gasteiger partial charge in [0.2, 0.25) is 0 Å². The lowest BCUT2D eigenvalue weighted by atomic mass is 10.5. The van der Waals surface area contributed by atoms with Crippen LogP contribution in [0.3, 0.4) is 0 Å². The summed E-state index contributed by atoms with van der Waals surface area (Å²) in [7, 11) is 0. The quantitative estimate of drug-likeness (QED) is 0.566. The van der Waals surface area contributed by atoms with E-state index < -0.39 is 12.1 Å². The SMILES string of the molecule is CC(=O)O.O=C(O)N1CCOCC1. The highest BCUT2D eigenvalue weighted by Gasteiger charge is 2.13. The first-order chi connectivity index (χ1) is 6.04. The molecule has 1 saturated heterocycles. The minimum Gasteiger partial charge on any atom is -0.481 e. The monoisotopic (exact) mass is 191 g/mol. The summed E-state index contributed by atoms with van der Waals surface area (Å²) < 4.78 is 4.94. The van der Waals surface area contributed by atoms with Gasteiger partial charge in [0.05, 0.1) is 13.2 Å². The molecule has 13 heavy (non-hydrogen) atoms. The first-order valence-electron chi connectivity index (χ1n) is 3.79. The van der Waals surface area contributed by atoms with Crippen molar-refractivity contribution in [2.75, 3.05) is 26.3 Å². The molecule has 0 radical (unpaired) electrons. The van der Waals surface area contributed by atoms with E-state index in [0.717, 1.165) is 6.92 Å². The van der Waals surface area contributed by atoms with Crippen LogP contribution in [0.25, 0.3) is 0 Å². The Labute approximate surface area is 75.7 Å². The number of rotatable bonds is 0. The Balaban J connectivity index is 0.000000310. The number of nitrogens with zero attached hydrogens (tertiary/aromatic N) is 1. The van der Waals surface area contributed by atoms with Crippen LogP contribution in [-0.4, -0.2) is 53.5 Å². The second kappa shape index (κ2) is 6.24. The van der Waals surface area contributed by atoms with E-state index in [0.29, 0.717) is 26.3 Å². The molecule has 0 aromatic rings. The molecule has 0 atom stereocenters. The number of morpholine rings is 1. The second-order valence-electron chi connectivity index (χ2n) is 2.40. The molecule has 76 valence electrons. The maximum atomic E-state index is 10.2. The number of amides is 1. The molecule has 6 nitrogen and oxygen atoms in total.